The summed E-state index contributed by atoms with van der Waals surface area (Å²) in [5.41, 5.74) is -12.3. The topological polar surface area (TPSA) is 107 Å². The standard InChI is InChI=1S/C7H15O2P.C2HF6NO4S2/c1-2-3-4-5-9-7(8)6-10;3-1(4,5)14(10,11)9-15(12,13)2(6,7)8/h2-6,10H2,1H3;9H. The minimum absolute atomic E-state index is 0.124. The van der Waals surface area contributed by atoms with Crippen LogP contribution in [0.4, 0.5) is 26.3 Å². The van der Waals surface area contributed by atoms with Crippen LogP contribution in [-0.4, -0.2) is 46.6 Å². The molecule has 0 saturated heterocycles. The zero-order valence-corrected chi connectivity index (χ0v) is 15.4. The van der Waals surface area contributed by atoms with Crippen molar-refractivity contribution in [2.45, 2.75) is 37.2 Å². The molecule has 1 atom stereocenters. The normalized spacial score (nSPS) is 13.0. The summed E-state index contributed by atoms with van der Waals surface area (Å²) in [6, 6.07) is 0. The number of nitrogens with one attached hydrogen (secondary N) is 1. The third-order valence-corrected chi connectivity index (χ3v) is 5.31. The molecule has 0 radical (unpaired) electrons. The second kappa shape index (κ2) is 10.5. The van der Waals surface area contributed by atoms with Gasteiger partial charge in [0.15, 0.2) is 0 Å². The molecule has 0 bridgehead atoms. The summed E-state index contributed by atoms with van der Waals surface area (Å²) >= 11 is 0. The highest BCUT2D eigenvalue weighted by Gasteiger charge is 2.55. The Hall–Kier alpha value is -0.660. The molecule has 0 spiro atoms. The van der Waals surface area contributed by atoms with E-state index in [9.17, 15) is 48.0 Å². The fourth-order valence-electron chi connectivity index (χ4n) is 0.836. The zero-order valence-electron chi connectivity index (χ0n) is 12.6. The lowest BCUT2D eigenvalue weighted by Gasteiger charge is -2.11. The zero-order chi connectivity index (χ0) is 20.5. The number of carbonyl (C=O) groups excluding carboxylic acids is 1. The van der Waals surface area contributed by atoms with Crippen LogP contribution in [0, 0.1) is 0 Å². The lowest BCUT2D eigenvalue weighted by Crippen LogP contribution is -2.45. The summed E-state index contributed by atoms with van der Waals surface area (Å²) in [5.74, 6) is -0.124. The van der Waals surface area contributed by atoms with Crippen molar-refractivity contribution in [2.75, 3.05) is 12.8 Å². The molecule has 0 rings (SSSR count). The van der Waals surface area contributed by atoms with E-state index in [1.165, 1.54) is 6.42 Å². The molecule has 0 aromatic rings. The Bertz CT molecular complexity index is 573. The first-order valence-corrected chi connectivity index (χ1v) is 10.1. The number of ether oxygens (including phenoxy) is 1. The van der Waals surface area contributed by atoms with E-state index in [2.05, 4.69) is 16.2 Å². The van der Waals surface area contributed by atoms with Gasteiger partial charge in [-0.1, -0.05) is 23.9 Å². The summed E-state index contributed by atoms with van der Waals surface area (Å²) < 4.78 is 113. The average molecular weight is 443 g/mol. The predicted molar refractivity (Wildman–Crippen MR) is 78.1 cm³/mol. The maximum absolute atomic E-state index is 11.5. The lowest BCUT2D eigenvalue weighted by molar-refractivity contribution is -0.140. The molecule has 7 nitrogen and oxygen atoms in total. The number of rotatable bonds is 7. The summed E-state index contributed by atoms with van der Waals surface area (Å²) in [6.45, 7) is 2.71. The van der Waals surface area contributed by atoms with Gasteiger partial charge < -0.3 is 4.74 Å². The van der Waals surface area contributed by atoms with Gasteiger partial charge >= 0.3 is 37.0 Å². The maximum Gasteiger partial charge on any atom is 0.512 e. The van der Waals surface area contributed by atoms with E-state index in [-0.39, 0.29) is 5.97 Å². The molecule has 0 aromatic heterocycles. The van der Waals surface area contributed by atoms with E-state index < -0.39 is 35.2 Å². The van der Waals surface area contributed by atoms with Gasteiger partial charge in [-0.25, -0.2) is 16.8 Å². The number of unbranched alkanes of at least 4 members (excludes halogenated alkanes) is 2. The summed E-state index contributed by atoms with van der Waals surface area (Å²) in [5, 5.41) is 0. The van der Waals surface area contributed by atoms with Crippen molar-refractivity contribution in [3.05, 3.63) is 0 Å². The van der Waals surface area contributed by atoms with Crippen LogP contribution in [0.5, 0.6) is 0 Å². The van der Waals surface area contributed by atoms with Crippen LogP contribution in [0.2, 0.25) is 0 Å². The average Bonchev–Trinajstić information content (AvgIpc) is 2.40. The second-order valence-corrected chi connectivity index (χ2v) is 8.13. The van der Waals surface area contributed by atoms with Gasteiger partial charge in [0.1, 0.15) is 0 Å². The third kappa shape index (κ3) is 10.8. The van der Waals surface area contributed by atoms with Gasteiger partial charge in [0.2, 0.25) is 0 Å². The van der Waals surface area contributed by atoms with E-state index in [1.807, 2.05) is 0 Å². The van der Waals surface area contributed by atoms with E-state index >= 15 is 0 Å². The minimum atomic E-state index is -6.60. The molecule has 152 valence electrons. The Morgan fingerprint density at radius 1 is 0.960 bits per heavy atom. The molecule has 16 heteroatoms. The Labute approximate surface area is 142 Å². The number of esters is 1. The Kier molecular flexibility index (Phi) is 11.1. The van der Waals surface area contributed by atoms with E-state index in [4.69, 9.17) is 4.74 Å². The quantitative estimate of drug-likeness (QED) is 0.279. The van der Waals surface area contributed by atoms with Gasteiger partial charge in [0.05, 0.1) is 12.8 Å². The Balaban J connectivity index is 0. The SMILES string of the molecule is CCCCCOC(=O)CP.O=S(=O)(NS(=O)(=O)C(F)(F)F)C(F)(F)F. The fraction of sp³-hybridized carbons (Fsp3) is 0.889. The minimum Gasteiger partial charge on any atom is -0.465 e. The predicted octanol–water partition coefficient (Wildman–Crippen LogP) is 1.87. The molecular formula is C9H16F6NO6PS2. The number of sulfonamides is 2. The number of hydrogen-bond acceptors (Lipinski definition) is 6. The van der Waals surface area contributed by atoms with Gasteiger partial charge in [-0.05, 0) is 6.42 Å². The van der Waals surface area contributed by atoms with E-state index in [0.29, 0.717) is 12.8 Å². The summed E-state index contributed by atoms with van der Waals surface area (Å²) in [4.78, 5) is 10.5. The summed E-state index contributed by atoms with van der Waals surface area (Å²) in [7, 11) is -10.9. The molecule has 0 heterocycles. The largest absolute Gasteiger partial charge is 0.512 e. The van der Waals surface area contributed by atoms with Gasteiger partial charge in [0, 0.05) is 0 Å². The van der Waals surface area contributed by atoms with Gasteiger partial charge in [0.25, 0.3) is 0 Å². The number of carbonyl (C=O) groups is 1. The molecule has 0 amide bonds. The van der Waals surface area contributed by atoms with Crippen molar-refractivity contribution in [1.82, 2.24) is 4.13 Å². The van der Waals surface area contributed by atoms with Crippen molar-refractivity contribution in [3.63, 3.8) is 0 Å². The van der Waals surface area contributed by atoms with Crippen molar-refractivity contribution in [2.24, 2.45) is 0 Å². The molecule has 1 unspecified atom stereocenters. The highest BCUT2D eigenvalue weighted by atomic mass is 32.3. The van der Waals surface area contributed by atoms with Crippen LogP contribution in [0.3, 0.4) is 0 Å². The highest BCUT2D eigenvalue weighted by Crippen LogP contribution is 2.27. The molecule has 0 aromatic carbocycles. The van der Waals surface area contributed by atoms with Crippen LogP contribution in [-0.2, 0) is 29.6 Å². The second-order valence-electron chi connectivity index (χ2n) is 4.11. The van der Waals surface area contributed by atoms with Gasteiger partial charge in [-0.3, -0.25) is 4.79 Å². The lowest BCUT2D eigenvalue weighted by atomic mass is 10.3. The van der Waals surface area contributed by atoms with Crippen molar-refractivity contribution in [3.8, 4) is 0 Å². The van der Waals surface area contributed by atoms with Crippen LogP contribution in [0.25, 0.3) is 0 Å². The molecule has 1 N–H and O–H groups in total. The number of alkyl halides is 6. The van der Waals surface area contributed by atoms with Crippen LogP contribution >= 0.6 is 9.24 Å². The van der Waals surface area contributed by atoms with E-state index in [1.54, 1.807) is 0 Å². The van der Waals surface area contributed by atoms with E-state index in [0.717, 1.165) is 12.8 Å². The molecule has 0 aliphatic rings. The third-order valence-electron chi connectivity index (χ3n) is 2.01. The monoisotopic (exact) mass is 443 g/mol. The Morgan fingerprint density at radius 2 is 1.36 bits per heavy atom. The molecule has 0 saturated carbocycles. The van der Waals surface area contributed by atoms with Crippen molar-refractivity contribution in [1.29, 1.82) is 0 Å². The Morgan fingerprint density at radius 3 is 1.64 bits per heavy atom. The highest BCUT2D eigenvalue weighted by molar-refractivity contribution is 8.05. The van der Waals surface area contributed by atoms with Crippen molar-refractivity contribution < 1.29 is 52.7 Å². The number of hydrogen-bond donors (Lipinski definition) is 1. The summed E-state index contributed by atoms with van der Waals surface area (Å²) in [6.07, 6.45) is 3.71. The molecule has 0 aliphatic heterocycles. The smallest absolute Gasteiger partial charge is 0.465 e. The molecular weight excluding hydrogens is 427 g/mol. The van der Waals surface area contributed by atoms with Crippen LogP contribution in [0.15, 0.2) is 0 Å². The van der Waals surface area contributed by atoms with Gasteiger partial charge in [-0.15, -0.1) is 9.24 Å². The molecule has 25 heavy (non-hydrogen) atoms. The molecule has 0 aliphatic carbocycles. The van der Waals surface area contributed by atoms with Crippen LogP contribution < -0.4 is 4.13 Å². The first kappa shape index (κ1) is 26.6. The van der Waals surface area contributed by atoms with Crippen molar-refractivity contribution >= 4 is 35.3 Å². The first-order chi connectivity index (χ1) is 11.0. The number of halogens is 6. The van der Waals surface area contributed by atoms with Crippen LogP contribution in [0.1, 0.15) is 26.2 Å². The maximum atomic E-state index is 11.5. The molecule has 0 fully saturated rings. The fourth-order valence-corrected chi connectivity index (χ4v) is 2.87. The van der Waals surface area contributed by atoms with Gasteiger partial charge in [-0.2, -0.15) is 26.3 Å². The first-order valence-electron chi connectivity index (χ1n) is 6.28.